The number of hydrogen-bond acceptors (Lipinski definition) is 6. The van der Waals surface area contributed by atoms with Gasteiger partial charge in [-0.2, -0.15) is 4.68 Å². The molecule has 1 heterocycles. The maximum Gasteiger partial charge on any atom is 0.214 e. The lowest BCUT2D eigenvalue weighted by atomic mass is 10.2. The van der Waals surface area contributed by atoms with Crippen LogP contribution in [-0.4, -0.2) is 32.5 Å². The van der Waals surface area contributed by atoms with Crippen molar-refractivity contribution in [3.05, 3.63) is 95.0 Å². The van der Waals surface area contributed by atoms with Crippen LogP contribution in [0.15, 0.2) is 84.0 Å². The number of halogens is 2. The van der Waals surface area contributed by atoms with Gasteiger partial charge in [-0.25, -0.2) is 0 Å². The summed E-state index contributed by atoms with van der Waals surface area (Å²) in [5.41, 5.74) is 3.09. The number of benzene rings is 3. The van der Waals surface area contributed by atoms with Crippen LogP contribution in [-0.2, 0) is 13.2 Å². The van der Waals surface area contributed by atoms with E-state index in [9.17, 15) is 0 Å². The molecule has 0 aliphatic rings. The average molecular weight is 488 g/mol. The molecule has 0 atom stereocenters. The molecule has 0 radical (unpaired) electrons. The molecule has 0 aliphatic carbocycles. The molecule has 0 spiro atoms. The minimum atomic E-state index is 0. The topological polar surface area (TPSA) is 64.9 Å². The summed E-state index contributed by atoms with van der Waals surface area (Å²) in [7, 11) is 0. The van der Waals surface area contributed by atoms with Gasteiger partial charge in [-0.1, -0.05) is 71.9 Å². The van der Waals surface area contributed by atoms with Gasteiger partial charge in [-0.3, -0.25) is 0 Å². The fourth-order valence-electron chi connectivity index (χ4n) is 2.97. The van der Waals surface area contributed by atoms with Crippen molar-refractivity contribution in [2.45, 2.75) is 18.3 Å². The Morgan fingerprint density at radius 2 is 1.78 bits per heavy atom. The van der Waals surface area contributed by atoms with Crippen LogP contribution < -0.4 is 10.1 Å². The van der Waals surface area contributed by atoms with Gasteiger partial charge in [0.25, 0.3) is 0 Å². The molecular weight excluding hydrogens is 465 g/mol. The van der Waals surface area contributed by atoms with Gasteiger partial charge < -0.3 is 10.1 Å². The summed E-state index contributed by atoms with van der Waals surface area (Å²) >= 11 is 7.82. The number of tetrazole rings is 1. The molecule has 4 aromatic rings. The van der Waals surface area contributed by atoms with E-state index in [1.54, 1.807) is 16.4 Å². The summed E-state index contributed by atoms with van der Waals surface area (Å²) in [6, 6.07) is 25.7. The normalized spacial score (nSPS) is 10.5. The van der Waals surface area contributed by atoms with Gasteiger partial charge in [0.15, 0.2) is 0 Å². The second kappa shape index (κ2) is 12.5. The lowest BCUT2D eigenvalue weighted by Crippen LogP contribution is -2.16. The highest BCUT2D eigenvalue weighted by molar-refractivity contribution is 7.99. The van der Waals surface area contributed by atoms with Gasteiger partial charge in [-0.05, 0) is 46.3 Å². The van der Waals surface area contributed by atoms with Crippen LogP contribution in [0.2, 0.25) is 5.02 Å². The zero-order chi connectivity index (χ0) is 21.3. The van der Waals surface area contributed by atoms with E-state index in [2.05, 4.69) is 26.9 Å². The van der Waals surface area contributed by atoms with E-state index in [4.69, 9.17) is 16.3 Å². The first-order valence-corrected chi connectivity index (χ1v) is 11.3. The fraction of sp³-hybridized carbons (Fsp3) is 0.174. The number of rotatable bonds is 10. The fourth-order valence-corrected chi connectivity index (χ4v) is 3.95. The number of hydrogen-bond donors (Lipinski definition) is 1. The summed E-state index contributed by atoms with van der Waals surface area (Å²) in [6.07, 6.45) is 0. The van der Waals surface area contributed by atoms with Crippen LogP contribution in [0.5, 0.6) is 5.75 Å². The zero-order valence-electron chi connectivity index (χ0n) is 17.2. The maximum atomic E-state index is 6.20. The molecule has 4 rings (SSSR count). The highest BCUT2D eigenvalue weighted by atomic mass is 35.5. The van der Waals surface area contributed by atoms with Crippen LogP contribution in [0.3, 0.4) is 0 Å². The monoisotopic (exact) mass is 487 g/mol. The first-order chi connectivity index (χ1) is 15.3. The molecule has 6 nitrogen and oxygen atoms in total. The van der Waals surface area contributed by atoms with Gasteiger partial charge >= 0.3 is 0 Å². The Hall–Kier alpha value is -2.58. The van der Waals surface area contributed by atoms with Crippen LogP contribution >= 0.6 is 35.8 Å². The van der Waals surface area contributed by atoms with E-state index < -0.39 is 0 Å². The summed E-state index contributed by atoms with van der Waals surface area (Å²) in [4.78, 5) is 0. The van der Waals surface area contributed by atoms with Crippen LogP contribution in [0.25, 0.3) is 5.69 Å². The van der Waals surface area contributed by atoms with Crippen molar-refractivity contribution in [1.82, 2.24) is 25.5 Å². The zero-order valence-corrected chi connectivity index (χ0v) is 19.6. The molecule has 0 unspecified atom stereocenters. The molecule has 0 bridgehead atoms. The summed E-state index contributed by atoms with van der Waals surface area (Å²) < 4.78 is 7.66. The number of para-hydroxylation sites is 1. The molecule has 0 saturated carbocycles. The molecule has 1 N–H and O–H groups in total. The van der Waals surface area contributed by atoms with Gasteiger partial charge in [0.2, 0.25) is 5.16 Å². The number of aromatic nitrogens is 4. The number of ether oxygens (including phenoxy) is 1. The lowest BCUT2D eigenvalue weighted by molar-refractivity contribution is 0.306. The Balaban J connectivity index is 0.00000289. The highest BCUT2D eigenvalue weighted by Gasteiger charge is 2.08. The molecule has 3 aromatic carbocycles. The first kappa shape index (κ1) is 24.1. The van der Waals surface area contributed by atoms with Crippen LogP contribution in [0, 0.1) is 0 Å². The smallest absolute Gasteiger partial charge is 0.214 e. The second-order valence-electron chi connectivity index (χ2n) is 6.76. The van der Waals surface area contributed by atoms with E-state index in [0.717, 1.165) is 51.6 Å². The Morgan fingerprint density at radius 3 is 2.62 bits per heavy atom. The highest BCUT2D eigenvalue weighted by Crippen LogP contribution is 2.20. The van der Waals surface area contributed by atoms with Crippen molar-refractivity contribution >= 4 is 35.8 Å². The van der Waals surface area contributed by atoms with Crippen molar-refractivity contribution in [3.63, 3.8) is 0 Å². The molecule has 0 amide bonds. The van der Waals surface area contributed by atoms with E-state index >= 15 is 0 Å². The van der Waals surface area contributed by atoms with Crippen molar-refractivity contribution in [3.8, 4) is 11.4 Å². The second-order valence-corrected chi connectivity index (χ2v) is 8.23. The summed E-state index contributed by atoms with van der Waals surface area (Å²) in [5.74, 6) is 1.69. The number of nitrogens with one attached hydrogen (secondary N) is 1. The van der Waals surface area contributed by atoms with Crippen molar-refractivity contribution in [2.24, 2.45) is 0 Å². The summed E-state index contributed by atoms with van der Waals surface area (Å²) in [6.45, 7) is 2.04. The largest absolute Gasteiger partial charge is 0.489 e. The average Bonchev–Trinajstić information content (AvgIpc) is 3.28. The van der Waals surface area contributed by atoms with E-state index in [1.807, 2.05) is 72.8 Å². The quantitative estimate of drug-likeness (QED) is 0.245. The molecule has 0 saturated heterocycles. The van der Waals surface area contributed by atoms with Crippen molar-refractivity contribution in [2.75, 3.05) is 12.3 Å². The summed E-state index contributed by atoms with van der Waals surface area (Å²) in [5, 5.41) is 17.0. The van der Waals surface area contributed by atoms with Crippen LogP contribution in [0.1, 0.15) is 11.1 Å². The Labute approximate surface area is 202 Å². The van der Waals surface area contributed by atoms with E-state index in [0.29, 0.717) is 6.61 Å². The third-order valence-electron chi connectivity index (χ3n) is 4.53. The Bertz CT molecular complexity index is 1110. The predicted molar refractivity (Wildman–Crippen MR) is 131 cm³/mol. The molecule has 9 heteroatoms. The minimum absolute atomic E-state index is 0. The van der Waals surface area contributed by atoms with Gasteiger partial charge in [0.1, 0.15) is 12.4 Å². The predicted octanol–water partition coefficient (Wildman–Crippen LogP) is 5.20. The molecule has 166 valence electrons. The van der Waals surface area contributed by atoms with Gasteiger partial charge in [-0.15, -0.1) is 17.5 Å². The Kier molecular flexibility index (Phi) is 9.37. The van der Waals surface area contributed by atoms with E-state index in [-0.39, 0.29) is 12.4 Å². The Morgan fingerprint density at radius 1 is 0.969 bits per heavy atom. The van der Waals surface area contributed by atoms with Gasteiger partial charge in [0.05, 0.1) is 5.69 Å². The lowest BCUT2D eigenvalue weighted by Gasteiger charge is -2.10. The number of thioether (sulfide) groups is 1. The number of nitrogens with zero attached hydrogens (tertiary/aromatic N) is 4. The van der Waals surface area contributed by atoms with Gasteiger partial charge in [0, 0.05) is 29.4 Å². The first-order valence-electron chi connectivity index (χ1n) is 9.92. The molecule has 0 fully saturated rings. The third-order valence-corrected chi connectivity index (χ3v) is 5.82. The molecule has 32 heavy (non-hydrogen) atoms. The van der Waals surface area contributed by atoms with E-state index in [1.165, 1.54) is 0 Å². The molecule has 0 aliphatic heterocycles. The SMILES string of the molecule is Cl.Clc1ccccc1COc1cccc(CNCCSc2nnnn2-c2ccccc2)c1. The van der Waals surface area contributed by atoms with Crippen molar-refractivity contribution < 1.29 is 4.74 Å². The van der Waals surface area contributed by atoms with Crippen molar-refractivity contribution in [1.29, 1.82) is 0 Å². The maximum absolute atomic E-state index is 6.20. The standard InChI is InChI=1S/C23H22ClN5OS.ClH/c24-22-12-5-4-8-19(22)17-30-21-11-6-7-18(15-21)16-25-13-14-31-23-26-27-28-29(23)20-9-2-1-3-10-20;/h1-12,15,25H,13-14,16-17H2;1H. The third kappa shape index (κ3) is 6.71. The molecular formula is C23H23Cl2N5OS. The molecule has 1 aromatic heterocycles. The minimum Gasteiger partial charge on any atom is -0.489 e. The van der Waals surface area contributed by atoms with Crippen LogP contribution in [0.4, 0.5) is 0 Å².